The molecule has 118 valence electrons. The van der Waals surface area contributed by atoms with Crippen molar-refractivity contribution in [2.75, 3.05) is 33.2 Å². The largest absolute Gasteiger partial charge is 0.335 e. The Morgan fingerprint density at radius 1 is 1.36 bits per heavy atom. The number of aromatic nitrogens is 4. The molecule has 3 heterocycles. The Bertz CT molecular complexity index is 688. The molecule has 0 saturated carbocycles. The second-order valence-electron chi connectivity index (χ2n) is 5.89. The zero-order valence-corrected chi connectivity index (χ0v) is 13.3. The number of nitrogens with zero attached hydrogens (tertiary/aromatic N) is 5. The number of aryl methyl sites for hydroxylation is 2. The number of rotatable bonds is 3. The molecule has 0 aromatic carbocycles. The first kappa shape index (κ1) is 14.9. The van der Waals surface area contributed by atoms with Crippen LogP contribution in [0.5, 0.6) is 0 Å². The van der Waals surface area contributed by atoms with Crippen LogP contribution in [0.4, 0.5) is 0 Å². The highest BCUT2D eigenvalue weighted by Crippen LogP contribution is 2.13. The molecule has 3 rings (SSSR count). The normalized spacial score (nSPS) is 17.0. The maximum Gasteiger partial charge on any atom is 0.252 e. The Morgan fingerprint density at radius 3 is 2.82 bits per heavy atom. The van der Waals surface area contributed by atoms with Crippen LogP contribution in [-0.4, -0.2) is 63.7 Å². The molecule has 8 heteroatoms. The lowest BCUT2D eigenvalue weighted by Crippen LogP contribution is -3.12. The fraction of sp³-hybridized carbons (Fsp3) is 0.571. The van der Waals surface area contributed by atoms with E-state index in [9.17, 15) is 4.79 Å². The van der Waals surface area contributed by atoms with E-state index in [1.54, 1.807) is 4.52 Å². The summed E-state index contributed by atoms with van der Waals surface area (Å²) in [5.41, 5.74) is 5.65. The number of nitrogens with one attached hydrogen (secondary N) is 2. The Hall–Kier alpha value is -2.06. The summed E-state index contributed by atoms with van der Waals surface area (Å²) in [6, 6.07) is 0. The van der Waals surface area contributed by atoms with Gasteiger partial charge in [-0.3, -0.25) is 10.2 Å². The minimum atomic E-state index is -0.00739. The van der Waals surface area contributed by atoms with Crippen LogP contribution in [0.1, 0.15) is 17.0 Å². The van der Waals surface area contributed by atoms with Gasteiger partial charge in [-0.25, -0.2) is 14.5 Å². The maximum absolute atomic E-state index is 12.3. The second kappa shape index (κ2) is 5.98. The first-order chi connectivity index (χ1) is 10.5. The van der Waals surface area contributed by atoms with Crippen LogP contribution in [0, 0.1) is 13.8 Å². The zero-order valence-electron chi connectivity index (χ0n) is 13.3. The topological polar surface area (TPSA) is 79.9 Å². The molecule has 0 radical (unpaired) electrons. The van der Waals surface area contributed by atoms with Gasteiger partial charge in [-0.1, -0.05) is 0 Å². The van der Waals surface area contributed by atoms with Gasteiger partial charge in [-0.15, -0.1) is 0 Å². The quantitative estimate of drug-likeness (QED) is 0.696. The highest BCUT2D eigenvalue weighted by Gasteiger charge is 2.20. The molecule has 1 aliphatic rings. The number of hydrogen-bond donors (Lipinski definition) is 2. The highest BCUT2D eigenvalue weighted by molar-refractivity contribution is 5.78. The van der Waals surface area contributed by atoms with Gasteiger partial charge in [0, 0.05) is 17.0 Å². The van der Waals surface area contributed by atoms with E-state index in [0.29, 0.717) is 12.2 Å². The van der Waals surface area contributed by atoms with Crippen molar-refractivity contribution in [2.45, 2.75) is 20.3 Å². The van der Waals surface area contributed by atoms with Crippen LogP contribution in [-0.2, 0) is 11.2 Å². The summed E-state index contributed by atoms with van der Waals surface area (Å²) in [6.45, 7) is 7.71. The van der Waals surface area contributed by atoms with E-state index in [0.717, 1.165) is 43.1 Å². The predicted octanol–water partition coefficient (Wildman–Crippen LogP) is -1.85. The van der Waals surface area contributed by atoms with Crippen LogP contribution < -0.4 is 10.3 Å². The van der Waals surface area contributed by atoms with E-state index in [1.807, 2.05) is 18.9 Å². The lowest BCUT2D eigenvalue weighted by molar-refractivity contribution is -0.884. The van der Waals surface area contributed by atoms with E-state index in [-0.39, 0.29) is 5.91 Å². The van der Waals surface area contributed by atoms with E-state index < -0.39 is 0 Å². The Kier molecular flexibility index (Phi) is 4.04. The van der Waals surface area contributed by atoms with Gasteiger partial charge in [-0.05, 0) is 13.8 Å². The number of likely N-dealkylation sites (N-methyl/N-ethyl adjacent to an activating group) is 1. The molecular formula is C14H22N7O+. The third-order valence-electron chi connectivity index (χ3n) is 4.23. The minimum Gasteiger partial charge on any atom is -0.335 e. The van der Waals surface area contributed by atoms with Crippen molar-refractivity contribution in [3.05, 3.63) is 23.3 Å². The van der Waals surface area contributed by atoms with Crippen molar-refractivity contribution in [3.63, 3.8) is 0 Å². The Balaban J connectivity index is 1.71. The van der Waals surface area contributed by atoms with Crippen LogP contribution in [0.25, 0.3) is 5.78 Å². The molecule has 8 nitrogen and oxygen atoms in total. The van der Waals surface area contributed by atoms with Gasteiger partial charge in [-0.2, -0.15) is 10.1 Å². The summed E-state index contributed by atoms with van der Waals surface area (Å²) in [5.74, 6) is 0.563. The lowest BCUT2D eigenvalue weighted by Gasteiger charge is -2.30. The van der Waals surface area contributed by atoms with Crippen molar-refractivity contribution >= 4 is 11.7 Å². The molecule has 0 bridgehead atoms. The van der Waals surface area contributed by atoms with Crippen molar-refractivity contribution in [1.29, 1.82) is 0 Å². The van der Waals surface area contributed by atoms with Crippen molar-refractivity contribution in [2.24, 2.45) is 0 Å². The average Bonchev–Trinajstić information content (AvgIpc) is 2.94. The van der Waals surface area contributed by atoms with E-state index >= 15 is 0 Å². The number of carbonyl (C=O) groups excluding carboxylic acids is 1. The van der Waals surface area contributed by atoms with Crippen LogP contribution >= 0.6 is 0 Å². The van der Waals surface area contributed by atoms with Gasteiger partial charge >= 0.3 is 0 Å². The van der Waals surface area contributed by atoms with Crippen molar-refractivity contribution in [1.82, 2.24) is 30.0 Å². The Labute approximate surface area is 129 Å². The van der Waals surface area contributed by atoms with Gasteiger partial charge in [0.2, 0.25) is 5.91 Å². The molecule has 1 fully saturated rings. The number of fused-ring (bicyclic) bond motifs is 1. The SMILES string of the molecule is Cc1nc2ncnn2c(C)c1CC(=O)NN1CC[NH+](C)CC1. The van der Waals surface area contributed by atoms with Gasteiger partial charge in [0.15, 0.2) is 0 Å². The third-order valence-corrected chi connectivity index (χ3v) is 4.23. The maximum atomic E-state index is 12.3. The fourth-order valence-electron chi connectivity index (χ4n) is 2.79. The van der Waals surface area contributed by atoms with E-state index in [4.69, 9.17) is 0 Å². The fourth-order valence-corrected chi connectivity index (χ4v) is 2.79. The number of amides is 1. The van der Waals surface area contributed by atoms with Gasteiger partial charge < -0.3 is 4.90 Å². The van der Waals surface area contributed by atoms with Crippen LogP contribution in [0.3, 0.4) is 0 Å². The second-order valence-corrected chi connectivity index (χ2v) is 5.89. The van der Waals surface area contributed by atoms with Gasteiger partial charge in [0.1, 0.15) is 6.33 Å². The summed E-state index contributed by atoms with van der Waals surface area (Å²) in [5, 5.41) is 6.15. The number of piperazine rings is 1. The first-order valence-corrected chi connectivity index (χ1v) is 7.56. The molecule has 0 atom stereocenters. The summed E-state index contributed by atoms with van der Waals surface area (Å²) in [6.07, 6.45) is 1.78. The number of hydrogen-bond acceptors (Lipinski definition) is 5. The van der Waals surface area contributed by atoms with Crippen LogP contribution in [0.2, 0.25) is 0 Å². The lowest BCUT2D eigenvalue weighted by atomic mass is 10.1. The smallest absolute Gasteiger partial charge is 0.252 e. The first-order valence-electron chi connectivity index (χ1n) is 7.56. The molecule has 1 amide bonds. The molecule has 2 aromatic heterocycles. The summed E-state index contributed by atoms with van der Waals surface area (Å²) >= 11 is 0. The number of quaternary nitrogens is 1. The molecule has 0 unspecified atom stereocenters. The molecule has 0 aliphatic carbocycles. The molecular weight excluding hydrogens is 282 g/mol. The molecule has 1 aliphatic heterocycles. The Morgan fingerprint density at radius 2 is 2.09 bits per heavy atom. The van der Waals surface area contributed by atoms with Crippen molar-refractivity contribution < 1.29 is 9.69 Å². The van der Waals surface area contributed by atoms with E-state index in [2.05, 4.69) is 27.5 Å². The van der Waals surface area contributed by atoms with Crippen LogP contribution in [0.15, 0.2) is 6.33 Å². The number of carbonyl (C=O) groups is 1. The highest BCUT2D eigenvalue weighted by atomic mass is 16.2. The summed E-state index contributed by atoms with van der Waals surface area (Å²) < 4.78 is 1.68. The van der Waals surface area contributed by atoms with Gasteiger partial charge in [0.25, 0.3) is 5.78 Å². The van der Waals surface area contributed by atoms with Gasteiger partial charge in [0.05, 0.1) is 39.6 Å². The standard InChI is InChI=1S/C14H21N7O/c1-10-12(11(2)21-14(17-10)15-9-16-21)8-13(22)18-20-6-4-19(3)5-7-20/h9H,4-8H2,1-3H3,(H,18,22)/p+1. The summed E-state index contributed by atoms with van der Waals surface area (Å²) in [7, 11) is 2.17. The predicted molar refractivity (Wildman–Crippen MR) is 80.3 cm³/mol. The zero-order chi connectivity index (χ0) is 15.7. The molecule has 22 heavy (non-hydrogen) atoms. The van der Waals surface area contributed by atoms with Crippen molar-refractivity contribution in [3.8, 4) is 0 Å². The molecule has 1 saturated heterocycles. The third kappa shape index (κ3) is 2.93. The average molecular weight is 304 g/mol. The molecule has 0 spiro atoms. The monoisotopic (exact) mass is 304 g/mol. The minimum absolute atomic E-state index is 0.00739. The summed E-state index contributed by atoms with van der Waals surface area (Å²) in [4.78, 5) is 22.3. The van der Waals surface area contributed by atoms with E-state index in [1.165, 1.54) is 11.2 Å². The number of hydrazine groups is 1. The molecule has 2 aromatic rings. The molecule has 2 N–H and O–H groups in total.